The monoisotopic (exact) mass is 309 g/mol. The van der Waals surface area contributed by atoms with Crippen LogP contribution in [0.2, 0.25) is 0 Å². The average molecular weight is 309 g/mol. The Morgan fingerprint density at radius 2 is 2.00 bits per heavy atom. The van der Waals surface area contributed by atoms with E-state index in [1.165, 1.54) is 18.2 Å². The lowest BCUT2D eigenvalue weighted by Crippen LogP contribution is -2.21. The molecule has 21 heavy (non-hydrogen) atoms. The van der Waals surface area contributed by atoms with Crippen molar-refractivity contribution in [2.75, 3.05) is 19.9 Å². The van der Waals surface area contributed by atoms with Crippen LogP contribution in [-0.2, 0) is 4.74 Å². The van der Waals surface area contributed by atoms with Crippen molar-refractivity contribution in [1.29, 1.82) is 0 Å². The molecule has 7 heteroatoms. The van der Waals surface area contributed by atoms with Crippen LogP contribution in [0.15, 0.2) is 18.2 Å². The highest BCUT2D eigenvalue weighted by atomic mass is 19.4. The van der Waals surface area contributed by atoms with Gasteiger partial charge in [0.15, 0.2) is 6.79 Å². The third kappa shape index (κ3) is 6.77. The first-order valence-corrected chi connectivity index (χ1v) is 6.63. The normalized spacial score (nSPS) is 13.2. The van der Waals surface area contributed by atoms with Gasteiger partial charge in [-0.3, -0.25) is 0 Å². The molecule has 0 radical (unpaired) electrons. The van der Waals surface area contributed by atoms with Gasteiger partial charge in [0.1, 0.15) is 18.2 Å². The van der Waals surface area contributed by atoms with Gasteiger partial charge in [-0.2, -0.15) is 13.2 Å². The largest absolute Gasteiger partial charge is 0.467 e. The van der Waals surface area contributed by atoms with E-state index < -0.39 is 25.4 Å². The Bertz CT molecular complexity index is 437. The molecule has 0 aliphatic rings. The molecule has 0 aliphatic carbocycles. The molecule has 1 rings (SSSR count). The molecule has 1 N–H and O–H groups in total. The zero-order chi connectivity index (χ0) is 15.9. The summed E-state index contributed by atoms with van der Waals surface area (Å²) in [7, 11) is 0. The van der Waals surface area contributed by atoms with Crippen LogP contribution >= 0.6 is 0 Å². The van der Waals surface area contributed by atoms with E-state index in [0.717, 1.165) is 13.0 Å². The van der Waals surface area contributed by atoms with Crippen LogP contribution in [-0.4, -0.2) is 26.1 Å². The van der Waals surface area contributed by atoms with E-state index in [1.807, 2.05) is 13.8 Å². The number of nitrogens with one attached hydrogen (secondary N) is 1. The van der Waals surface area contributed by atoms with Crippen LogP contribution in [0.25, 0.3) is 0 Å². The first-order chi connectivity index (χ1) is 9.83. The quantitative estimate of drug-likeness (QED) is 0.450. The molecule has 0 saturated heterocycles. The van der Waals surface area contributed by atoms with Crippen molar-refractivity contribution in [2.45, 2.75) is 32.5 Å². The lowest BCUT2D eigenvalue weighted by atomic mass is 10.1. The summed E-state index contributed by atoms with van der Waals surface area (Å²) in [5.41, 5.74) is 0.541. The van der Waals surface area contributed by atoms with Crippen LogP contribution in [0.3, 0.4) is 0 Å². The van der Waals surface area contributed by atoms with Gasteiger partial charge < -0.3 is 14.8 Å². The Morgan fingerprint density at radius 1 is 1.29 bits per heavy atom. The summed E-state index contributed by atoms with van der Waals surface area (Å²) in [6.45, 7) is 2.63. The van der Waals surface area contributed by atoms with Gasteiger partial charge in [0.05, 0.1) is 0 Å². The molecular weight excluding hydrogens is 290 g/mol. The van der Waals surface area contributed by atoms with Gasteiger partial charge in [-0.05, 0) is 38.1 Å². The maximum absolute atomic E-state index is 13.3. The molecule has 120 valence electrons. The molecular formula is C14H19F4NO2. The predicted molar refractivity (Wildman–Crippen MR) is 70.6 cm³/mol. The Hall–Kier alpha value is -1.34. The van der Waals surface area contributed by atoms with E-state index in [-0.39, 0.29) is 6.04 Å². The van der Waals surface area contributed by atoms with Crippen LogP contribution in [0.1, 0.15) is 31.9 Å². The zero-order valence-corrected chi connectivity index (χ0v) is 12.0. The molecule has 0 amide bonds. The minimum atomic E-state index is -4.40. The molecule has 3 nitrogen and oxygen atoms in total. The maximum atomic E-state index is 13.3. The Labute approximate surface area is 121 Å². The van der Waals surface area contributed by atoms with Crippen LogP contribution in [0, 0.1) is 5.82 Å². The second-order valence-electron chi connectivity index (χ2n) is 4.58. The van der Waals surface area contributed by atoms with Crippen molar-refractivity contribution >= 4 is 0 Å². The molecule has 0 bridgehead atoms. The maximum Gasteiger partial charge on any atom is 0.411 e. The molecule has 1 unspecified atom stereocenters. The second kappa shape index (κ2) is 8.19. The smallest absolute Gasteiger partial charge is 0.411 e. The third-order valence-electron chi connectivity index (χ3n) is 2.70. The Kier molecular flexibility index (Phi) is 6.91. The number of benzene rings is 1. The highest BCUT2D eigenvalue weighted by Crippen LogP contribution is 2.26. The molecule has 0 saturated carbocycles. The van der Waals surface area contributed by atoms with Crippen LogP contribution in [0.4, 0.5) is 17.6 Å². The summed E-state index contributed by atoms with van der Waals surface area (Å²) < 4.78 is 58.7. The van der Waals surface area contributed by atoms with Gasteiger partial charge in [-0.1, -0.05) is 6.92 Å². The van der Waals surface area contributed by atoms with E-state index in [0.29, 0.717) is 11.3 Å². The SMILES string of the molecule is CCCNC(C)c1cc(F)ccc1OCOCC(F)(F)F. The van der Waals surface area contributed by atoms with E-state index in [1.54, 1.807) is 0 Å². The zero-order valence-electron chi connectivity index (χ0n) is 12.0. The second-order valence-corrected chi connectivity index (χ2v) is 4.58. The first-order valence-electron chi connectivity index (χ1n) is 6.63. The minimum absolute atomic E-state index is 0.182. The topological polar surface area (TPSA) is 30.5 Å². The fourth-order valence-corrected chi connectivity index (χ4v) is 1.72. The van der Waals surface area contributed by atoms with E-state index in [2.05, 4.69) is 10.1 Å². The third-order valence-corrected chi connectivity index (χ3v) is 2.70. The summed E-state index contributed by atoms with van der Waals surface area (Å²) in [5.74, 6) is -0.131. The number of ether oxygens (including phenoxy) is 2. The van der Waals surface area contributed by atoms with Gasteiger partial charge in [0.2, 0.25) is 0 Å². The number of alkyl halides is 3. The molecule has 0 spiro atoms. The van der Waals surface area contributed by atoms with Crippen molar-refractivity contribution in [3.05, 3.63) is 29.6 Å². The summed E-state index contributed by atoms with van der Waals surface area (Å²) in [5, 5.41) is 3.16. The molecule has 0 heterocycles. The van der Waals surface area contributed by atoms with Gasteiger partial charge in [-0.15, -0.1) is 0 Å². The predicted octanol–water partition coefficient (Wildman–Crippen LogP) is 3.80. The van der Waals surface area contributed by atoms with E-state index in [9.17, 15) is 17.6 Å². The van der Waals surface area contributed by atoms with Crippen molar-refractivity contribution in [2.24, 2.45) is 0 Å². The summed E-state index contributed by atoms with van der Waals surface area (Å²) in [6, 6.07) is 3.69. The van der Waals surface area contributed by atoms with Crippen molar-refractivity contribution in [3.63, 3.8) is 0 Å². The molecule has 0 aliphatic heterocycles. The average Bonchev–Trinajstić information content (AvgIpc) is 2.41. The Morgan fingerprint density at radius 3 is 2.62 bits per heavy atom. The van der Waals surface area contributed by atoms with Crippen molar-refractivity contribution in [3.8, 4) is 5.75 Å². The Balaban J connectivity index is 2.64. The molecule has 1 aromatic carbocycles. The van der Waals surface area contributed by atoms with Gasteiger partial charge in [0.25, 0.3) is 0 Å². The number of hydrogen-bond donors (Lipinski definition) is 1. The summed E-state index contributed by atoms with van der Waals surface area (Å²) in [6.07, 6.45) is -3.49. The van der Waals surface area contributed by atoms with Gasteiger partial charge in [0, 0.05) is 11.6 Å². The van der Waals surface area contributed by atoms with E-state index in [4.69, 9.17) is 4.74 Å². The number of halogens is 4. The molecule has 1 aromatic rings. The van der Waals surface area contributed by atoms with Gasteiger partial charge in [-0.25, -0.2) is 4.39 Å². The molecule has 1 atom stereocenters. The highest BCUT2D eigenvalue weighted by Gasteiger charge is 2.27. The van der Waals surface area contributed by atoms with Crippen molar-refractivity contribution < 1.29 is 27.0 Å². The summed E-state index contributed by atoms with van der Waals surface area (Å²) >= 11 is 0. The van der Waals surface area contributed by atoms with Crippen molar-refractivity contribution in [1.82, 2.24) is 5.32 Å². The number of rotatable bonds is 8. The van der Waals surface area contributed by atoms with Crippen LogP contribution < -0.4 is 10.1 Å². The molecule has 0 aromatic heterocycles. The highest BCUT2D eigenvalue weighted by molar-refractivity contribution is 5.36. The fraction of sp³-hybridized carbons (Fsp3) is 0.571. The fourth-order valence-electron chi connectivity index (χ4n) is 1.72. The van der Waals surface area contributed by atoms with Crippen LogP contribution in [0.5, 0.6) is 5.75 Å². The molecule has 0 fully saturated rings. The number of hydrogen-bond acceptors (Lipinski definition) is 3. The summed E-state index contributed by atoms with van der Waals surface area (Å²) in [4.78, 5) is 0. The first kappa shape index (κ1) is 17.7. The lowest BCUT2D eigenvalue weighted by Gasteiger charge is -2.18. The standard InChI is InChI=1S/C14H19F4NO2/c1-3-6-19-10(2)12-7-11(15)4-5-13(12)21-9-20-8-14(16,17)18/h4-5,7,10,19H,3,6,8-9H2,1-2H3. The lowest BCUT2D eigenvalue weighted by molar-refractivity contribution is -0.186. The van der Waals surface area contributed by atoms with Gasteiger partial charge >= 0.3 is 6.18 Å². The minimum Gasteiger partial charge on any atom is -0.467 e. The van der Waals surface area contributed by atoms with E-state index >= 15 is 0 Å².